The molecule has 0 saturated carbocycles. The maximum atomic E-state index is 13.1. The lowest BCUT2D eigenvalue weighted by molar-refractivity contribution is -0.133. The Bertz CT molecular complexity index is 786. The van der Waals surface area contributed by atoms with Crippen LogP contribution in [0.1, 0.15) is 17.2 Å². The van der Waals surface area contributed by atoms with Gasteiger partial charge in [0, 0.05) is 30.2 Å². The summed E-state index contributed by atoms with van der Waals surface area (Å²) in [6, 6.07) is 13.2. The summed E-state index contributed by atoms with van der Waals surface area (Å²) >= 11 is 6.14. The zero-order valence-corrected chi connectivity index (χ0v) is 17.0. The topological polar surface area (TPSA) is 50.8 Å². The lowest BCUT2D eigenvalue weighted by Crippen LogP contribution is -2.49. The van der Waals surface area contributed by atoms with E-state index in [1.807, 2.05) is 47.4 Å². The Morgan fingerprint density at radius 3 is 2.74 bits per heavy atom. The number of piperazine rings is 1. The van der Waals surface area contributed by atoms with Gasteiger partial charge < -0.3 is 19.7 Å². The molecular weight excluding hydrogens is 387 g/mol. The molecule has 1 amide bonds. The minimum Gasteiger partial charge on any atom is -0.497 e. The van der Waals surface area contributed by atoms with E-state index >= 15 is 0 Å². The van der Waals surface area contributed by atoms with Crippen molar-refractivity contribution in [2.24, 2.45) is 0 Å². The third kappa shape index (κ3) is 5.06. The number of methoxy groups -OCH3 is 2. The summed E-state index contributed by atoms with van der Waals surface area (Å²) < 4.78 is 10.7. The average Bonchev–Trinajstić information content (AvgIpc) is 2.68. The zero-order valence-electron chi connectivity index (χ0n) is 15.4. The highest BCUT2D eigenvalue weighted by Crippen LogP contribution is 2.28. The lowest BCUT2D eigenvalue weighted by atomic mass is 10.0. The third-order valence-electron chi connectivity index (χ3n) is 4.63. The summed E-state index contributed by atoms with van der Waals surface area (Å²) in [6.45, 7) is 2.14. The lowest BCUT2D eigenvalue weighted by Gasteiger charge is -2.37. The molecule has 1 atom stereocenters. The van der Waals surface area contributed by atoms with Crippen molar-refractivity contribution in [3.63, 3.8) is 0 Å². The number of nitrogens with zero attached hydrogens (tertiary/aromatic N) is 1. The molecule has 27 heavy (non-hydrogen) atoms. The second-order valence-electron chi connectivity index (χ2n) is 6.22. The highest BCUT2D eigenvalue weighted by Gasteiger charge is 2.28. The fraction of sp³-hybridized carbons (Fsp3) is 0.350. The number of rotatable bonds is 5. The van der Waals surface area contributed by atoms with E-state index in [1.165, 1.54) is 0 Å². The summed E-state index contributed by atoms with van der Waals surface area (Å²) in [5.74, 6) is 1.46. The molecule has 0 spiro atoms. The van der Waals surface area contributed by atoms with Crippen molar-refractivity contribution in [3.8, 4) is 11.5 Å². The van der Waals surface area contributed by atoms with Crippen LogP contribution < -0.4 is 14.8 Å². The number of carbonyl (C=O) groups is 1. The van der Waals surface area contributed by atoms with Gasteiger partial charge in [-0.2, -0.15) is 0 Å². The molecule has 7 heteroatoms. The number of halogens is 2. The van der Waals surface area contributed by atoms with Crippen LogP contribution in [-0.2, 0) is 11.2 Å². The molecule has 2 aromatic rings. The SMILES string of the molecule is COc1ccc(OC)c(CC(=O)N2CCNCC2c2cccc(Cl)c2)c1.Cl. The summed E-state index contributed by atoms with van der Waals surface area (Å²) in [4.78, 5) is 15.0. The Balaban J connectivity index is 0.00000261. The minimum atomic E-state index is -0.0356. The Kier molecular flexibility index (Phi) is 7.78. The number of carbonyl (C=O) groups excluding carboxylic acids is 1. The normalized spacial score (nSPS) is 16.4. The molecule has 1 aliphatic heterocycles. The van der Waals surface area contributed by atoms with Crippen LogP contribution in [0.2, 0.25) is 5.02 Å². The van der Waals surface area contributed by atoms with Gasteiger partial charge in [0.2, 0.25) is 5.91 Å². The molecular formula is C20H24Cl2N2O3. The second-order valence-corrected chi connectivity index (χ2v) is 6.65. The quantitative estimate of drug-likeness (QED) is 0.819. The first-order valence-electron chi connectivity index (χ1n) is 8.59. The van der Waals surface area contributed by atoms with Gasteiger partial charge in [0.1, 0.15) is 11.5 Å². The van der Waals surface area contributed by atoms with Gasteiger partial charge in [-0.3, -0.25) is 4.79 Å². The number of hydrogen-bond acceptors (Lipinski definition) is 4. The van der Waals surface area contributed by atoms with Gasteiger partial charge in [-0.1, -0.05) is 23.7 Å². The maximum Gasteiger partial charge on any atom is 0.227 e. The smallest absolute Gasteiger partial charge is 0.227 e. The second kappa shape index (κ2) is 9.83. The van der Waals surface area contributed by atoms with Crippen LogP contribution >= 0.6 is 24.0 Å². The number of hydrogen-bond donors (Lipinski definition) is 1. The Morgan fingerprint density at radius 2 is 2.04 bits per heavy atom. The van der Waals surface area contributed by atoms with Crippen molar-refractivity contribution in [2.45, 2.75) is 12.5 Å². The van der Waals surface area contributed by atoms with Gasteiger partial charge in [-0.15, -0.1) is 12.4 Å². The van der Waals surface area contributed by atoms with Gasteiger partial charge >= 0.3 is 0 Å². The van der Waals surface area contributed by atoms with Crippen molar-refractivity contribution in [1.29, 1.82) is 0 Å². The van der Waals surface area contributed by atoms with Crippen molar-refractivity contribution in [2.75, 3.05) is 33.9 Å². The molecule has 1 unspecified atom stereocenters. The summed E-state index contributed by atoms with van der Waals surface area (Å²) in [5, 5.41) is 4.04. The molecule has 0 bridgehead atoms. The van der Waals surface area contributed by atoms with E-state index in [1.54, 1.807) is 14.2 Å². The first-order chi connectivity index (χ1) is 12.6. The van der Waals surface area contributed by atoms with Crippen molar-refractivity contribution < 1.29 is 14.3 Å². The van der Waals surface area contributed by atoms with E-state index in [4.69, 9.17) is 21.1 Å². The molecule has 1 N–H and O–H groups in total. The third-order valence-corrected chi connectivity index (χ3v) is 4.86. The fourth-order valence-electron chi connectivity index (χ4n) is 3.30. The van der Waals surface area contributed by atoms with Crippen LogP contribution in [0.5, 0.6) is 11.5 Å². The predicted octanol–water partition coefficient (Wildman–Crippen LogP) is 3.49. The fourth-order valence-corrected chi connectivity index (χ4v) is 3.50. The summed E-state index contributed by atoms with van der Waals surface area (Å²) in [6.07, 6.45) is 0.261. The average molecular weight is 411 g/mol. The molecule has 3 rings (SSSR count). The molecule has 2 aromatic carbocycles. The van der Waals surface area contributed by atoms with Crippen LogP contribution in [0.25, 0.3) is 0 Å². The minimum absolute atomic E-state index is 0. The van der Waals surface area contributed by atoms with E-state index in [-0.39, 0.29) is 30.8 Å². The number of ether oxygens (including phenoxy) is 2. The summed E-state index contributed by atoms with van der Waals surface area (Å²) in [7, 11) is 3.22. The van der Waals surface area contributed by atoms with Crippen LogP contribution in [0, 0.1) is 0 Å². The van der Waals surface area contributed by atoms with Gasteiger partial charge in [-0.05, 0) is 35.9 Å². The zero-order chi connectivity index (χ0) is 18.5. The van der Waals surface area contributed by atoms with Crippen LogP contribution in [0.15, 0.2) is 42.5 Å². The molecule has 146 valence electrons. The largest absolute Gasteiger partial charge is 0.497 e. The van der Waals surface area contributed by atoms with Gasteiger partial charge in [0.25, 0.3) is 0 Å². The highest BCUT2D eigenvalue weighted by atomic mass is 35.5. The standard InChI is InChI=1S/C20H23ClN2O3.ClH/c1-25-17-6-7-19(26-2)15(11-17)12-20(24)23-9-8-22-13-18(23)14-4-3-5-16(21)10-14;/h3-7,10-11,18,22H,8-9,12-13H2,1-2H3;1H. The van der Waals surface area contributed by atoms with Gasteiger partial charge in [0.05, 0.1) is 26.7 Å². The van der Waals surface area contributed by atoms with Crippen LogP contribution in [-0.4, -0.2) is 44.7 Å². The molecule has 1 saturated heterocycles. The van der Waals surface area contributed by atoms with Gasteiger partial charge in [-0.25, -0.2) is 0 Å². The summed E-state index contributed by atoms with van der Waals surface area (Å²) in [5.41, 5.74) is 1.86. The van der Waals surface area contributed by atoms with E-state index in [0.29, 0.717) is 29.6 Å². The molecule has 5 nitrogen and oxygen atoms in total. The Labute approximate surface area is 171 Å². The van der Waals surface area contributed by atoms with Crippen molar-refractivity contribution in [3.05, 3.63) is 58.6 Å². The maximum absolute atomic E-state index is 13.1. The molecule has 0 radical (unpaired) electrons. The number of benzene rings is 2. The molecule has 1 aliphatic rings. The van der Waals surface area contributed by atoms with Crippen molar-refractivity contribution in [1.82, 2.24) is 10.2 Å². The predicted molar refractivity (Wildman–Crippen MR) is 109 cm³/mol. The van der Waals surface area contributed by atoms with E-state index in [9.17, 15) is 4.79 Å². The number of nitrogens with one attached hydrogen (secondary N) is 1. The highest BCUT2D eigenvalue weighted by molar-refractivity contribution is 6.30. The first-order valence-corrected chi connectivity index (χ1v) is 8.96. The Morgan fingerprint density at radius 1 is 1.22 bits per heavy atom. The van der Waals surface area contributed by atoms with E-state index in [0.717, 1.165) is 17.7 Å². The Hall–Kier alpha value is -1.95. The van der Waals surface area contributed by atoms with Crippen molar-refractivity contribution >= 4 is 29.9 Å². The molecule has 0 aliphatic carbocycles. The molecule has 1 heterocycles. The van der Waals surface area contributed by atoms with E-state index < -0.39 is 0 Å². The first kappa shape index (κ1) is 21.4. The van der Waals surface area contributed by atoms with Gasteiger partial charge in [0.15, 0.2) is 0 Å². The van der Waals surface area contributed by atoms with E-state index in [2.05, 4.69) is 5.32 Å². The number of amides is 1. The van der Waals surface area contributed by atoms with Crippen LogP contribution in [0.3, 0.4) is 0 Å². The molecule has 1 fully saturated rings. The van der Waals surface area contributed by atoms with Crippen LogP contribution in [0.4, 0.5) is 0 Å². The molecule has 0 aromatic heterocycles. The monoisotopic (exact) mass is 410 g/mol.